The second-order valence-corrected chi connectivity index (χ2v) is 10.6. The fraction of sp³-hybridized carbons (Fsp3) is 0.364. The zero-order valence-electron chi connectivity index (χ0n) is 24.4. The minimum atomic E-state index is -0.139. The molecule has 9 heteroatoms. The third kappa shape index (κ3) is 5.44. The van der Waals surface area contributed by atoms with E-state index in [4.69, 9.17) is 23.4 Å². The first-order valence-corrected chi connectivity index (χ1v) is 14.4. The zero-order chi connectivity index (χ0) is 29.1. The summed E-state index contributed by atoms with van der Waals surface area (Å²) in [5.74, 6) is 3.19. The number of methoxy groups -OCH3 is 3. The van der Waals surface area contributed by atoms with E-state index in [0.717, 1.165) is 55.1 Å². The highest BCUT2D eigenvalue weighted by atomic mass is 16.5. The Morgan fingerprint density at radius 2 is 1.62 bits per heavy atom. The van der Waals surface area contributed by atoms with Crippen molar-refractivity contribution in [3.05, 3.63) is 72.0 Å². The summed E-state index contributed by atoms with van der Waals surface area (Å²) >= 11 is 0. The number of carbonyl (C=O) groups is 1. The zero-order valence-corrected chi connectivity index (χ0v) is 24.4. The lowest BCUT2D eigenvalue weighted by Crippen LogP contribution is -2.48. The molecule has 1 atom stereocenters. The van der Waals surface area contributed by atoms with Gasteiger partial charge in [0.25, 0.3) is 0 Å². The van der Waals surface area contributed by atoms with Crippen molar-refractivity contribution in [2.75, 3.05) is 70.9 Å². The summed E-state index contributed by atoms with van der Waals surface area (Å²) in [7, 11) is 4.89. The molecule has 0 saturated carbocycles. The van der Waals surface area contributed by atoms with Gasteiger partial charge in [-0.25, -0.2) is 0 Å². The number of carbonyl (C=O) groups excluding carboxylic acids is 1. The number of fused-ring (bicyclic) bond motifs is 2. The minimum Gasteiger partial charge on any atom is -0.493 e. The summed E-state index contributed by atoms with van der Waals surface area (Å²) < 4.78 is 30.3. The Hall–Kier alpha value is -4.37. The van der Waals surface area contributed by atoms with Crippen LogP contribution in [0.4, 0.5) is 11.4 Å². The molecule has 3 heterocycles. The third-order valence-corrected chi connectivity index (χ3v) is 8.17. The number of para-hydroxylation sites is 1. The number of rotatable bonds is 10. The lowest BCUT2D eigenvalue weighted by atomic mass is 10.0. The Labute approximate surface area is 245 Å². The topological polar surface area (TPSA) is 85.6 Å². The molecule has 1 N–H and O–H groups in total. The van der Waals surface area contributed by atoms with Crippen molar-refractivity contribution in [2.24, 2.45) is 0 Å². The van der Waals surface area contributed by atoms with E-state index in [9.17, 15) is 4.79 Å². The van der Waals surface area contributed by atoms with Gasteiger partial charge in [-0.2, -0.15) is 0 Å². The quantitative estimate of drug-likeness (QED) is 0.274. The van der Waals surface area contributed by atoms with Gasteiger partial charge >= 0.3 is 0 Å². The molecule has 2 aliphatic heterocycles. The summed E-state index contributed by atoms with van der Waals surface area (Å²) in [6.07, 6.45) is 1.09. The Kier molecular flexibility index (Phi) is 8.10. The molecule has 0 radical (unpaired) electrons. The highest BCUT2D eigenvalue weighted by Crippen LogP contribution is 2.46. The fourth-order valence-electron chi connectivity index (χ4n) is 6.04. The largest absolute Gasteiger partial charge is 0.493 e. The third-order valence-electron chi connectivity index (χ3n) is 8.17. The molecule has 0 spiro atoms. The van der Waals surface area contributed by atoms with Gasteiger partial charge in [-0.15, -0.1) is 0 Å². The Morgan fingerprint density at radius 3 is 2.36 bits per heavy atom. The predicted molar refractivity (Wildman–Crippen MR) is 163 cm³/mol. The maximum atomic E-state index is 12.0. The summed E-state index contributed by atoms with van der Waals surface area (Å²) in [4.78, 5) is 16.8. The van der Waals surface area contributed by atoms with Crippen molar-refractivity contribution in [3.63, 3.8) is 0 Å². The van der Waals surface area contributed by atoms with E-state index in [1.54, 1.807) is 21.3 Å². The number of piperazine rings is 1. The van der Waals surface area contributed by atoms with Gasteiger partial charge in [0.15, 0.2) is 23.0 Å². The average Bonchev–Trinajstić information content (AvgIpc) is 3.41. The van der Waals surface area contributed by atoms with E-state index in [1.807, 2.05) is 36.4 Å². The molecule has 0 aliphatic carbocycles. The smallest absolute Gasteiger partial charge is 0.224 e. The standard InChI is InChI=1S/C33H37N3O6/c1-38-28-14-13-27-30(32(28)39-2)33(40-3)31(42-27)22(20-35-16-18-36(19-17-35)23-8-5-4-6-9-23)21-41-26-11-7-10-25-24(26)12-15-29(37)34-25/h4-11,13-14,22H,12,15-21H2,1-3H3,(H,34,37). The van der Waals surface area contributed by atoms with Crippen LogP contribution in [0.5, 0.6) is 23.0 Å². The normalized spacial score (nSPS) is 16.1. The minimum absolute atomic E-state index is 0.0311. The first-order chi connectivity index (χ1) is 20.6. The van der Waals surface area contributed by atoms with Gasteiger partial charge in [0.1, 0.15) is 16.7 Å². The molecule has 2 aliphatic rings. The van der Waals surface area contributed by atoms with Crippen LogP contribution in [0, 0.1) is 0 Å². The molecule has 1 unspecified atom stereocenters. The highest BCUT2D eigenvalue weighted by Gasteiger charge is 2.31. The van der Waals surface area contributed by atoms with Crippen molar-refractivity contribution in [3.8, 4) is 23.0 Å². The van der Waals surface area contributed by atoms with Crippen LogP contribution in [0.25, 0.3) is 11.0 Å². The molecule has 42 heavy (non-hydrogen) atoms. The van der Waals surface area contributed by atoms with Gasteiger partial charge in [0.2, 0.25) is 5.91 Å². The van der Waals surface area contributed by atoms with Gasteiger partial charge in [-0.05, 0) is 42.8 Å². The average molecular weight is 572 g/mol. The molecule has 9 nitrogen and oxygen atoms in total. The number of furan rings is 1. The van der Waals surface area contributed by atoms with E-state index in [2.05, 4.69) is 39.4 Å². The van der Waals surface area contributed by atoms with Gasteiger partial charge in [0, 0.05) is 56.1 Å². The first-order valence-electron chi connectivity index (χ1n) is 14.4. The number of nitrogens with zero attached hydrogens (tertiary/aromatic N) is 2. The monoisotopic (exact) mass is 571 g/mol. The maximum Gasteiger partial charge on any atom is 0.224 e. The van der Waals surface area contributed by atoms with Crippen LogP contribution in [0.3, 0.4) is 0 Å². The molecule has 220 valence electrons. The molecule has 6 rings (SSSR count). The molecule has 0 bridgehead atoms. The van der Waals surface area contributed by atoms with E-state index in [-0.39, 0.29) is 11.8 Å². The Bertz CT molecular complexity index is 1540. The number of hydrogen-bond acceptors (Lipinski definition) is 8. The van der Waals surface area contributed by atoms with Crippen LogP contribution >= 0.6 is 0 Å². The van der Waals surface area contributed by atoms with Crippen molar-refractivity contribution >= 4 is 28.3 Å². The fourth-order valence-corrected chi connectivity index (χ4v) is 6.04. The first kappa shape index (κ1) is 27.8. The van der Waals surface area contributed by atoms with Crippen LogP contribution in [0.15, 0.2) is 65.1 Å². The van der Waals surface area contributed by atoms with Crippen molar-refractivity contribution in [1.82, 2.24) is 4.90 Å². The van der Waals surface area contributed by atoms with E-state index in [0.29, 0.717) is 48.0 Å². The van der Waals surface area contributed by atoms with Crippen LogP contribution in [-0.2, 0) is 11.2 Å². The number of hydrogen-bond donors (Lipinski definition) is 1. The molecule has 1 fully saturated rings. The lowest BCUT2D eigenvalue weighted by Gasteiger charge is -2.37. The summed E-state index contributed by atoms with van der Waals surface area (Å²) in [5.41, 5.74) is 3.75. The summed E-state index contributed by atoms with van der Waals surface area (Å²) in [5, 5.41) is 3.71. The number of amides is 1. The molecule has 4 aromatic rings. The van der Waals surface area contributed by atoms with Crippen LogP contribution in [0.1, 0.15) is 23.7 Å². The molecule has 1 saturated heterocycles. The van der Waals surface area contributed by atoms with Gasteiger partial charge in [-0.3, -0.25) is 9.69 Å². The van der Waals surface area contributed by atoms with Crippen LogP contribution < -0.4 is 29.2 Å². The van der Waals surface area contributed by atoms with E-state index in [1.165, 1.54) is 5.69 Å². The number of nitrogens with one attached hydrogen (secondary N) is 1. The second kappa shape index (κ2) is 12.2. The highest BCUT2D eigenvalue weighted by molar-refractivity contribution is 5.95. The van der Waals surface area contributed by atoms with Crippen molar-refractivity contribution in [1.29, 1.82) is 0 Å². The SMILES string of the molecule is COc1ccc2oc(C(COc3cccc4c3CCC(=O)N4)CN3CCN(c4ccccc4)CC3)c(OC)c2c1OC. The van der Waals surface area contributed by atoms with E-state index < -0.39 is 0 Å². The van der Waals surface area contributed by atoms with Gasteiger partial charge in [0.05, 0.1) is 33.9 Å². The van der Waals surface area contributed by atoms with Gasteiger partial charge < -0.3 is 33.6 Å². The Balaban J connectivity index is 1.30. The van der Waals surface area contributed by atoms with Crippen LogP contribution in [-0.4, -0.2) is 71.5 Å². The number of benzene rings is 3. The predicted octanol–water partition coefficient (Wildman–Crippen LogP) is 5.33. The maximum absolute atomic E-state index is 12.0. The summed E-state index contributed by atoms with van der Waals surface area (Å²) in [6.45, 7) is 4.80. The second-order valence-electron chi connectivity index (χ2n) is 10.6. The molecule has 1 amide bonds. The molecule has 1 aromatic heterocycles. The molecular weight excluding hydrogens is 534 g/mol. The summed E-state index contributed by atoms with van der Waals surface area (Å²) in [6, 6.07) is 20.1. The molecular formula is C33H37N3O6. The lowest BCUT2D eigenvalue weighted by molar-refractivity contribution is -0.116. The van der Waals surface area contributed by atoms with Crippen molar-refractivity contribution in [2.45, 2.75) is 18.8 Å². The van der Waals surface area contributed by atoms with Gasteiger partial charge in [-0.1, -0.05) is 24.3 Å². The van der Waals surface area contributed by atoms with Crippen LogP contribution in [0.2, 0.25) is 0 Å². The number of anilines is 2. The Morgan fingerprint density at radius 1 is 0.833 bits per heavy atom. The number of ether oxygens (including phenoxy) is 4. The van der Waals surface area contributed by atoms with Crippen molar-refractivity contribution < 1.29 is 28.2 Å². The van der Waals surface area contributed by atoms with E-state index >= 15 is 0 Å². The molecule has 3 aromatic carbocycles.